The number of aromatic amines is 1. The van der Waals surface area contributed by atoms with Gasteiger partial charge in [0, 0.05) is 23.8 Å². The second-order valence-corrected chi connectivity index (χ2v) is 3.92. The molecule has 1 unspecified atom stereocenters. The molecule has 94 valence electrons. The first-order valence-corrected chi connectivity index (χ1v) is 5.57. The number of rotatable bonds is 3. The van der Waals surface area contributed by atoms with E-state index in [4.69, 9.17) is 5.73 Å². The topological polar surface area (TPSA) is 95.8 Å². The van der Waals surface area contributed by atoms with Crippen LogP contribution in [0.1, 0.15) is 18.8 Å². The van der Waals surface area contributed by atoms with Crippen molar-refractivity contribution in [2.45, 2.75) is 13.0 Å². The number of carbonyl (C=O) groups is 1. The van der Waals surface area contributed by atoms with E-state index in [1.807, 2.05) is 6.92 Å². The summed E-state index contributed by atoms with van der Waals surface area (Å²) in [6, 6.07) is 6.51. The second-order valence-electron chi connectivity index (χ2n) is 3.92. The van der Waals surface area contributed by atoms with Gasteiger partial charge in [0.05, 0.1) is 6.04 Å². The molecule has 1 aromatic heterocycles. The number of H-pyrrole nitrogens is 1. The molecule has 6 heteroatoms. The number of aromatic nitrogens is 2. The normalized spacial score (nSPS) is 11.8. The van der Waals surface area contributed by atoms with Crippen molar-refractivity contribution in [2.24, 2.45) is 0 Å². The molecule has 5 N–H and O–H groups in total. The van der Waals surface area contributed by atoms with Gasteiger partial charge in [0.2, 0.25) is 0 Å². The lowest BCUT2D eigenvalue weighted by molar-refractivity contribution is 0.249. The number of carbonyl (C=O) groups excluding carboxylic acids is 1. The van der Waals surface area contributed by atoms with Crippen LogP contribution in [0, 0.1) is 0 Å². The number of amides is 2. The van der Waals surface area contributed by atoms with Crippen LogP contribution in [0.15, 0.2) is 36.7 Å². The van der Waals surface area contributed by atoms with Gasteiger partial charge in [-0.25, -0.2) is 9.78 Å². The van der Waals surface area contributed by atoms with Crippen LogP contribution >= 0.6 is 0 Å². The van der Waals surface area contributed by atoms with Crippen molar-refractivity contribution < 1.29 is 4.79 Å². The average Bonchev–Trinajstić information content (AvgIpc) is 2.81. The van der Waals surface area contributed by atoms with E-state index in [-0.39, 0.29) is 12.1 Å². The number of nitrogens with zero attached hydrogens (tertiary/aromatic N) is 1. The van der Waals surface area contributed by atoms with Crippen molar-refractivity contribution in [1.82, 2.24) is 15.3 Å². The number of nitrogens with one attached hydrogen (secondary N) is 3. The predicted molar refractivity (Wildman–Crippen MR) is 70.0 cm³/mol. The fourth-order valence-corrected chi connectivity index (χ4v) is 1.56. The Kier molecular flexibility index (Phi) is 3.47. The van der Waals surface area contributed by atoms with E-state index in [1.165, 1.54) is 0 Å². The van der Waals surface area contributed by atoms with Crippen LogP contribution in [0.2, 0.25) is 0 Å². The van der Waals surface area contributed by atoms with Crippen LogP contribution in [0.3, 0.4) is 0 Å². The number of anilines is 2. The Balaban J connectivity index is 1.93. The third-order valence-corrected chi connectivity index (χ3v) is 2.42. The molecule has 2 amide bonds. The summed E-state index contributed by atoms with van der Waals surface area (Å²) in [5, 5.41) is 5.47. The molecule has 1 heterocycles. The van der Waals surface area contributed by atoms with Gasteiger partial charge in [0.25, 0.3) is 0 Å². The van der Waals surface area contributed by atoms with Gasteiger partial charge in [-0.2, -0.15) is 0 Å². The first-order chi connectivity index (χ1) is 8.65. The molecule has 1 aromatic carbocycles. The number of hydrogen-bond donors (Lipinski definition) is 4. The number of nitrogen functional groups attached to an aromatic ring is 1. The molecule has 0 aliphatic carbocycles. The van der Waals surface area contributed by atoms with E-state index < -0.39 is 0 Å². The lowest BCUT2D eigenvalue weighted by Crippen LogP contribution is -2.31. The van der Waals surface area contributed by atoms with Crippen LogP contribution in [-0.4, -0.2) is 16.0 Å². The van der Waals surface area contributed by atoms with E-state index in [2.05, 4.69) is 20.6 Å². The summed E-state index contributed by atoms with van der Waals surface area (Å²) in [5.41, 5.74) is 6.88. The van der Waals surface area contributed by atoms with Crippen molar-refractivity contribution >= 4 is 17.4 Å². The van der Waals surface area contributed by atoms with Crippen molar-refractivity contribution in [1.29, 1.82) is 0 Å². The Labute approximate surface area is 105 Å². The van der Waals surface area contributed by atoms with E-state index >= 15 is 0 Å². The third kappa shape index (κ3) is 3.00. The van der Waals surface area contributed by atoms with Gasteiger partial charge in [-0.15, -0.1) is 0 Å². The number of benzene rings is 1. The average molecular weight is 245 g/mol. The Bertz CT molecular complexity index is 523. The largest absolute Gasteiger partial charge is 0.399 e. The summed E-state index contributed by atoms with van der Waals surface area (Å²) in [7, 11) is 0. The highest BCUT2D eigenvalue weighted by Crippen LogP contribution is 2.12. The molecule has 0 spiro atoms. The van der Waals surface area contributed by atoms with Gasteiger partial charge in [-0.3, -0.25) is 0 Å². The molecule has 0 bridgehead atoms. The van der Waals surface area contributed by atoms with Gasteiger partial charge in [-0.05, 0) is 25.1 Å². The molecule has 0 saturated heterocycles. The summed E-state index contributed by atoms with van der Waals surface area (Å²) in [4.78, 5) is 18.7. The van der Waals surface area contributed by atoms with E-state index in [0.29, 0.717) is 17.2 Å². The van der Waals surface area contributed by atoms with Crippen LogP contribution in [0.4, 0.5) is 16.2 Å². The molecule has 1 atom stereocenters. The lowest BCUT2D eigenvalue weighted by Gasteiger charge is -2.12. The summed E-state index contributed by atoms with van der Waals surface area (Å²) < 4.78 is 0. The molecule has 2 aromatic rings. The molecule has 6 nitrogen and oxygen atoms in total. The minimum Gasteiger partial charge on any atom is -0.399 e. The highest BCUT2D eigenvalue weighted by Gasteiger charge is 2.11. The van der Waals surface area contributed by atoms with Crippen LogP contribution in [0.5, 0.6) is 0 Å². The van der Waals surface area contributed by atoms with Crippen LogP contribution in [0.25, 0.3) is 0 Å². The van der Waals surface area contributed by atoms with Crippen LogP contribution < -0.4 is 16.4 Å². The summed E-state index contributed by atoms with van der Waals surface area (Å²) in [6.45, 7) is 1.85. The summed E-state index contributed by atoms with van der Waals surface area (Å²) in [6.07, 6.45) is 3.35. The first-order valence-electron chi connectivity index (χ1n) is 5.57. The fourth-order valence-electron chi connectivity index (χ4n) is 1.56. The van der Waals surface area contributed by atoms with Crippen molar-refractivity contribution in [3.05, 3.63) is 42.5 Å². The smallest absolute Gasteiger partial charge is 0.319 e. The summed E-state index contributed by atoms with van der Waals surface area (Å²) >= 11 is 0. The molecule has 18 heavy (non-hydrogen) atoms. The molecule has 0 saturated carbocycles. The third-order valence-electron chi connectivity index (χ3n) is 2.42. The minimum atomic E-state index is -0.301. The van der Waals surface area contributed by atoms with Crippen LogP contribution in [-0.2, 0) is 0 Å². The number of imidazole rings is 1. The maximum atomic E-state index is 11.7. The van der Waals surface area contributed by atoms with E-state index in [1.54, 1.807) is 36.7 Å². The molecular weight excluding hydrogens is 230 g/mol. The van der Waals surface area contributed by atoms with Gasteiger partial charge in [-0.1, -0.05) is 6.07 Å². The number of urea groups is 1. The highest BCUT2D eigenvalue weighted by atomic mass is 16.2. The van der Waals surface area contributed by atoms with Gasteiger partial charge in [0.1, 0.15) is 5.82 Å². The van der Waals surface area contributed by atoms with Gasteiger partial charge < -0.3 is 21.4 Å². The Morgan fingerprint density at radius 2 is 2.33 bits per heavy atom. The molecule has 0 radical (unpaired) electrons. The standard InChI is InChI=1S/C12H15N5O/c1-8(11-14-5-6-15-11)16-12(18)17-10-4-2-3-9(13)7-10/h2-8H,13H2,1H3,(H,14,15)(H2,16,17,18). The second kappa shape index (κ2) is 5.22. The summed E-state index contributed by atoms with van der Waals surface area (Å²) in [5.74, 6) is 0.706. The fraction of sp³-hybridized carbons (Fsp3) is 0.167. The van der Waals surface area contributed by atoms with Gasteiger partial charge >= 0.3 is 6.03 Å². The lowest BCUT2D eigenvalue weighted by atomic mass is 10.3. The maximum absolute atomic E-state index is 11.7. The van der Waals surface area contributed by atoms with E-state index in [0.717, 1.165) is 0 Å². The maximum Gasteiger partial charge on any atom is 0.319 e. The Morgan fingerprint density at radius 1 is 1.50 bits per heavy atom. The molecule has 2 rings (SSSR count). The zero-order valence-electron chi connectivity index (χ0n) is 9.97. The number of nitrogens with two attached hydrogens (primary N) is 1. The molecule has 0 fully saturated rings. The minimum absolute atomic E-state index is 0.193. The zero-order chi connectivity index (χ0) is 13.0. The van der Waals surface area contributed by atoms with Crippen molar-refractivity contribution in [3.8, 4) is 0 Å². The highest BCUT2D eigenvalue weighted by molar-refractivity contribution is 5.89. The molecule has 0 aliphatic rings. The SMILES string of the molecule is CC(NC(=O)Nc1cccc(N)c1)c1ncc[nH]1. The molecular formula is C12H15N5O. The Hall–Kier alpha value is -2.50. The predicted octanol–water partition coefficient (Wildman–Crippen LogP) is 1.87. The molecule has 0 aliphatic heterocycles. The van der Waals surface area contributed by atoms with E-state index in [9.17, 15) is 4.79 Å². The Morgan fingerprint density at radius 3 is 3.00 bits per heavy atom. The quantitative estimate of drug-likeness (QED) is 0.621. The number of hydrogen-bond acceptors (Lipinski definition) is 3. The first kappa shape index (κ1) is 12.0. The van der Waals surface area contributed by atoms with Crippen molar-refractivity contribution in [3.63, 3.8) is 0 Å². The van der Waals surface area contributed by atoms with Crippen molar-refractivity contribution in [2.75, 3.05) is 11.1 Å². The van der Waals surface area contributed by atoms with Gasteiger partial charge in [0.15, 0.2) is 0 Å². The zero-order valence-corrected chi connectivity index (χ0v) is 9.97. The monoisotopic (exact) mass is 245 g/mol.